The topological polar surface area (TPSA) is 60.0 Å². The van der Waals surface area contributed by atoms with Crippen LogP contribution in [0.15, 0.2) is 30.7 Å². The van der Waals surface area contributed by atoms with Gasteiger partial charge in [-0.3, -0.25) is 9.08 Å². The zero-order valence-electron chi connectivity index (χ0n) is 12.6. The first-order valence-electron chi connectivity index (χ1n) is 7.18. The molecule has 0 aliphatic carbocycles. The second kappa shape index (κ2) is 5.55. The molecule has 3 aromatic rings. The number of nitrogens with zero attached hydrogens (tertiary/aromatic N) is 5. The van der Waals surface area contributed by atoms with Crippen LogP contribution in [0.5, 0.6) is 0 Å². The summed E-state index contributed by atoms with van der Waals surface area (Å²) < 4.78 is 3.93. The van der Waals surface area contributed by atoms with Crippen molar-refractivity contribution in [3.05, 3.63) is 41.9 Å². The summed E-state index contributed by atoms with van der Waals surface area (Å²) in [5.41, 5.74) is 3.17. The van der Waals surface area contributed by atoms with Crippen LogP contribution in [0.4, 0.5) is 5.95 Å². The molecule has 0 fully saturated rings. The van der Waals surface area contributed by atoms with E-state index in [4.69, 9.17) is 0 Å². The standard InChI is InChI=1S/C15H20N6/c1-11(2)9-20-10-13(8-17-20)7-16-15-19-18-14-6-12(3)4-5-21(14)15/h4-6,8,10-11H,7,9H2,1-3H3,(H,16,19). The Hall–Kier alpha value is -2.37. The maximum absolute atomic E-state index is 4.36. The highest BCUT2D eigenvalue weighted by Crippen LogP contribution is 2.11. The highest BCUT2D eigenvalue weighted by atomic mass is 15.3. The highest BCUT2D eigenvalue weighted by Gasteiger charge is 2.06. The minimum absolute atomic E-state index is 0.592. The van der Waals surface area contributed by atoms with Crippen LogP contribution in [0.2, 0.25) is 0 Å². The second-order valence-electron chi connectivity index (χ2n) is 5.77. The van der Waals surface area contributed by atoms with Crippen molar-refractivity contribution >= 4 is 11.6 Å². The third-order valence-corrected chi connectivity index (χ3v) is 3.26. The van der Waals surface area contributed by atoms with Gasteiger partial charge in [-0.25, -0.2) is 0 Å². The van der Waals surface area contributed by atoms with Gasteiger partial charge in [0.1, 0.15) is 0 Å². The van der Waals surface area contributed by atoms with E-state index in [2.05, 4.69) is 40.7 Å². The first-order valence-corrected chi connectivity index (χ1v) is 7.18. The van der Waals surface area contributed by atoms with E-state index >= 15 is 0 Å². The van der Waals surface area contributed by atoms with Gasteiger partial charge in [-0.2, -0.15) is 5.10 Å². The Morgan fingerprint density at radius 3 is 2.95 bits per heavy atom. The maximum Gasteiger partial charge on any atom is 0.229 e. The van der Waals surface area contributed by atoms with Crippen LogP contribution < -0.4 is 5.32 Å². The van der Waals surface area contributed by atoms with Gasteiger partial charge in [0.2, 0.25) is 5.95 Å². The summed E-state index contributed by atoms with van der Waals surface area (Å²) in [5.74, 6) is 1.34. The van der Waals surface area contributed by atoms with Crippen LogP contribution in [-0.2, 0) is 13.1 Å². The lowest BCUT2D eigenvalue weighted by molar-refractivity contribution is 0.483. The summed E-state index contributed by atoms with van der Waals surface area (Å²) in [6.07, 6.45) is 5.94. The number of aryl methyl sites for hydroxylation is 1. The van der Waals surface area contributed by atoms with Crippen molar-refractivity contribution in [3.8, 4) is 0 Å². The fourth-order valence-corrected chi connectivity index (χ4v) is 2.27. The molecule has 0 saturated heterocycles. The van der Waals surface area contributed by atoms with Crippen molar-refractivity contribution in [3.63, 3.8) is 0 Å². The highest BCUT2D eigenvalue weighted by molar-refractivity contribution is 5.47. The molecule has 0 saturated carbocycles. The zero-order valence-corrected chi connectivity index (χ0v) is 12.6. The Morgan fingerprint density at radius 2 is 2.14 bits per heavy atom. The van der Waals surface area contributed by atoms with E-state index < -0.39 is 0 Å². The van der Waals surface area contributed by atoms with Crippen molar-refractivity contribution in [1.29, 1.82) is 0 Å². The Kier molecular flexibility index (Phi) is 3.60. The van der Waals surface area contributed by atoms with Gasteiger partial charge in [-0.1, -0.05) is 13.8 Å². The molecule has 0 spiro atoms. The first-order chi connectivity index (χ1) is 10.1. The van der Waals surface area contributed by atoms with E-state index in [0.717, 1.165) is 23.7 Å². The van der Waals surface area contributed by atoms with Gasteiger partial charge in [-0.15, -0.1) is 10.2 Å². The molecule has 0 radical (unpaired) electrons. The number of hydrogen-bond acceptors (Lipinski definition) is 4. The quantitative estimate of drug-likeness (QED) is 0.782. The van der Waals surface area contributed by atoms with Gasteiger partial charge in [0, 0.05) is 31.0 Å². The van der Waals surface area contributed by atoms with Gasteiger partial charge in [0.15, 0.2) is 5.65 Å². The van der Waals surface area contributed by atoms with Crippen molar-refractivity contribution < 1.29 is 0 Å². The normalized spacial score (nSPS) is 11.4. The minimum atomic E-state index is 0.592. The number of anilines is 1. The van der Waals surface area contributed by atoms with Crippen LogP contribution in [0.1, 0.15) is 25.0 Å². The molecule has 0 unspecified atom stereocenters. The lowest BCUT2D eigenvalue weighted by atomic mass is 10.2. The molecule has 110 valence electrons. The number of aromatic nitrogens is 5. The molecule has 0 bridgehead atoms. The molecular weight excluding hydrogens is 264 g/mol. The van der Waals surface area contributed by atoms with E-state index in [1.165, 1.54) is 5.56 Å². The Bertz CT molecular complexity index is 740. The summed E-state index contributed by atoms with van der Waals surface area (Å²) in [6, 6.07) is 4.06. The third-order valence-electron chi connectivity index (χ3n) is 3.26. The van der Waals surface area contributed by atoms with E-state index in [0.29, 0.717) is 12.5 Å². The van der Waals surface area contributed by atoms with Crippen molar-refractivity contribution in [2.24, 2.45) is 5.92 Å². The molecule has 6 heteroatoms. The number of fused-ring (bicyclic) bond motifs is 1. The average Bonchev–Trinajstić information content (AvgIpc) is 3.02. The molecule has 0 amide bonds. The van der Waals surface area contributed by atoms with Gasteiger partial charge in [0.25, 0.3) is 0 Å². The van der Waals surface area contributed by atoms with Crippen LogP contribution >= 0.6 is 0 Å². The van der Waals surface area contributed by atoms with Crippen LogP contribution in [0.3, 0.4) is 0 Å². The molecule has 1 N–H and O–H groups in total. The van der Waals surface area contributed by atoms with Crippen LogP contribution in [0, 0.1) is 12.8 Å². The lowest BCUT2D eigenvalue weighted by Gasteiger charge is -2.04. The third kappa shape index (κ3) is 3.04. The Balaban J connectivity index is 1.70. The number of pyridine rings is 1. The van der Waals surface area contributed by atoms with E-state index in [1.807, 2.05) is 40.5 Å². The molecule has 3 aromatic heterocycles. The lowest BCUT2D eigenvalue weighted by Crippen LogP contribution is -2.05. The van der Waals surface area contributed by atoms with Gasteiger partial charge < -0.3 is 5.32 Å². The largest absolute Gasteiger partial charge is 0.350 e. The predicted molar refractivity (Wildman–Crippen MR) is 82.1 cm³/mol. The molecule has 3 rings (SSSR count). The van der Waals surface area contributed by atoms with Crippen LogP contribution in [-0.4, -0.2) is 24.4 Å². The molecule has 3 heterocycles. The number of rotatable bonds is 5. The van der Waals surface area contributed by atoms with E-state index in [9.17, 15) is 0 Å². The zero-order chi connectivity index (χ0) is 14.8. The fourth-order valence-electron chi connectivity index (χ4n) is 2.27. The maximum atomic E-state index is 4.36. The SMILES string of the molecule is Cc1ccn2c(NCc3cnn(CC(C)C)c3)nnc2c1. The minimum Gasteiger partial charge on any atom is -0.350 e. The van der Waals surface area contributed by atoms with Gasteiger partial charge in [-0.05, 0) is 30.5 Å². The Morgan fingerprint density at radius 1 is 1.29 bits per heavy atom. The second-order valence-corrected chi connectivity index (χ2v) is 5.77. The van der Waals surface area contributed by atoms with Crippen molar-refractivity contribution in [2.45, 2.75) is 33.9 Å². The first kappa shape index (κ1) is 13.6. The summed E-state index contributed by atoms with van der Waals surface area (Å²) in [7, 11) is 0. The smallest absolute Gasteiger partial charge is 0.229 e. The number of nitrogens with one attached hydrogen (secondary N) is 1. The monoisotopic (exact) mass is 284 g/mol. The summed E-state index contributed by atoms with van der Waals surface area (Å²) in [5, 5.41) is 16.0. The van der Waals surface area contributed by atoms with E-state index in [-0.39, 0.29) is 0 Å². The number of hydrogen-bond donors (Lipinski definition) is 1. The molecule has 0 atom stereocenters. The predicted octanol–water partition coefficient (Wildman–Crippen LogP) is 2.50. The summed E-state index contributed by atoms with van der Waals surface area (Å²) >= 11 is 0. The summed E-state index contributed by atoms with van der Waals surface area (Å²) in [6.45, 7) is 8.04. The van der Waals surface area contributed by atoms with Crippen molar-refractivity contribution in [2.75, 3.05) is 5.32 Å². The fraction of sp³-hybridized carbons (Fsp3) is 0.400. The van der Waals surface area contributed by atoms with Gasteiger partial charge in [0.05, 0.1) is 6.20 Å². The average molecular weight is 284 g/mol. The van der Waals surface area contributed by atoms with Crippen LogP contribution in [0.25, 0.3) is 5.65 Å². The molecule has 6 nitrogen and oxygen atoms in total. The van der Waals surface area contributed by atoms with E-state index in [1.54, 1.807) is 0 Å². The summed E-state index contributed by atoms with van der Waals surface area (Å²) in [4.78, 5) is 0. The molecule has 0 aliphatic heterocycles. The van der Waals surface area contributed by atoms with Gasteiger partial charge >= 0.3 is 0 Å². The molecule has 0 aliphatic rings. The van der Waals surface area contributed by atoms with Crippen molar-refractivity contribution in [1.82, 2.24) is 24.4 Å². The molecule has 0 aromatic carbocycles. The Labute approximate surface area is 123 Å². The molecule has 21 heavy (non-hydrogen) atoms. The molecular formula is C15H20N6.